The molecule has 1 unspecified atom stereocenters. The Morgan fingerprint density at radius 3 is 2.58 bits per heavy atom. The van der Waals surface area contributed by atoms with Gasteiger partial charge in [0.2, 0.25) is 10.0 Å². The van der Waals surface area contributed by atoms with Gasteiger partial charge in [-0.05, 0) is 47.9 Å². The Morgan fingerprint density at radius 1 is 1.25 bits per heavy atom. The molecule has 1 atom stereocenters. The van der Waals surface area contributed by atoms with Crippen molar-refractivity contribution < 1.29 is 12.8 Å². The zero-order valence-corrected chi connectivity index (χ0v) is 16.1. The number of sulfonamides is 1. The van der Waals surface area contributed by atoms with Crippen molar-refractivity contribution in [3.05, 3.63) is 51.7 Å². The molecule has 130 valence electrons. The van der Waals surface area contributed by atoms with Crippen LogP contribution in [0.2, 0.25) is 5.02 Å². The van der Waals surface area contributed by atoms with Crippen molar-refractivity contribution in [1.82, 2.24) is 4.31 Å². The van der Waals surface area contributed by atoms with Gasteiger partial charge < -0.3 is 0 Å². The van der Waals surface area contributed by atoms with Gasteiger partial charge in [-0.1, -0.05) is 45.8 Å². The third-order valence-electron chi connectivity index (χ3n) is 4.65. The highest BCUT2D eigenvalue weighted by Gasteiger charge is 2.33. The first kappa shape index (κ1) is 18.1. The van der Waals surface area contributed by atoms with Crippen molar-refractivity contribution in [2.24, 2.45) is 11.8 Å². The van der Waals surface area contributed by atoms with E-state index in [9.17, 15) is 12.8 Å². The molecule has 1 aromatic carbocycles. The van der Waals surface area contributed by atoms with Crippen LogP contribution in [-0.4, -0.2) is 25.8 Å². The van der Waals surface area contributed by atoms with E-state index in [0.717, 1.165) is 25.3 Å². The Hall–Kier alpha value is -0.690. The molecule has 2 aliphatic rings. The van der Waals surface area contributed by atoms with Crippen LogP contribution in [0.1, 0.15) is 19.3 Å². The van der Waals surface area contributed by atoms with Gasteiger partial charge in [-0.25, -0.2) is 12.8 Å². The van der Waals surface area contributed by atoms with Crippen LogP contribution in [0.5, 0.6) is 0 Å². The van der Waals surface area contributed by atoms with Crippen LogP contribution in [0.4, 0.5) is 4.39 Å². The Kier molecular flexibility index (Phi) is 5.49. The molecule has 3 nitrogen and oxygen atoms in total. The van der Waals surface area contributed by atoms with Gasteiger partial charge in [-0.15, -0.1) is 0 Å². The van der Waals surface area contributed by atoms with Gasteiger partial charge in [0.1, 0.15) is 5.82 Å². The minimum Gasteiger partial charge on any atom is -0.207 e. The molecular weight excluding hydrogens is 417 g/mol. The lowest BCUT2D eigenvalue weighted by Gasteiger charge is -2.35. The van der Waals surface area contributed by atoms with E-state index in [0.29, 0.717) is 24.9 Å². The number of piperidine rings is 1. The van der Waals surface area contributed by atoms with E-state index in [4.69, 9.17) is 11.6 Å². The molecular formula is C17H18BrClFNO2S. The highest BCUT2D eigenvalue weighted by atomic mass is 79.9. The number of hydrogen-bond acceptors (Lipinski definition) is 2. The molecule has 7 heteroatoms. The van der Waals surface area contributed by atoms with E-state index < -0.39 is 15.8 Å². The normalized spacial score (nSPS) is 23.3. The van der Waals surface area contributed by atoms with Crippen molar-refractivity contribution in [2.75, 3.05) is 13.1 Å². The third kappa shape index (κ3) is 3.62. The molecule has 1 aliphatic heterocycles. The second kappa shape index (κ2) is 7.28. The zero-order valence-electron chi connectivity index (χ0n) is 13.0. The molecule has 1 saturated heterocycles. The van der Waals surface area contributed by atoms with Gasteiger partial charge in [-0.3, -0.25) is 0 Å². The summed E-state index contributed by atoms with van der Waals surface area (Å²) in [7, 11) is -3.63. The number of nitrogens with zero attached hydrogens (tertiary/aromatic N) is 1. The van der Waals surface area contributed by atoms with Gasteiger partial charge in [0.25, 0.3) is 0 Å². The molecule has 1 aromatic rings. The van der Waals surface area contributed by atoms with E-state index in [1.54, 1.807) is 0 Å². The van der Waals surface area contributed by atoms with Crippen LogP contribution in [0.3, 0.4) is 0 Å². The molecule has 0 bridgehead atoms. The van der Waals surface area contributed by atoms with Crippen molar-refractivity contribution >= 4 is 37.6 Å². The fraction of sp³-hybridized carbons (Fsp3) is 0.412. The predicted octanol–water partition coefficient (Wildman–Crippen LogP) is 4.73. The van der Waals surface area contributed by atoms with Gasteiger partial charge in [0.05, 0.1) is 9.92 Å². The summed E-state index contributed by atoms with van der Waals surface area (Å²) in [6.45, 7) is 0.930. The van der Waals surface area contributed by atoms with E-state index in [1.165, 1.54) is 20.9 Å². The van der Waals surface area contributed by atoms with E-state index in [2.05, 4.69) is 34.2 Å². The largest absolute Gasteiger partial charge is 0.243 e. The van der Waals surface area contributed by atoms with Crippen molar-refractivity contribution in [3.63, 3.8) is 0 Å². The second-order valence-corrected chi connectivity index (χ2v) is 9.36. The minimum absolute atomic E-state index is 0.0472. The fourth-order valence-corrected chi connectivity index (χ4v) is 5.73. The summed E-state index contributed by atoms with van der Waals surface area (Å²) in [5.41, 5.74) is 0. The van der Waals surface area contributed by atoms with Crippen LogP contribution in [0, 0.1) is 17.7 Å². The maximum atomic E-state index is 13.3. The van der Waals surface area contributed by atoms with Gasteiger partial charge in [0, 0.05) is 19.0 Å². The Balaban J connectivity index is 1.71. The lowest BCUT2D eigenvalue weighted by molar-refractivity contribution is 0.248. The van der Waals surface area contributed by atoms with E-state index in [1.807, 2.05) is 0 Å². The third-order valence-corrected chi connectivity index (χ3v) is 7.68. The molecule has 0 saturated carbocycles. The summed E-state index contributed by atoms with van der Waals surface area (Å²) in [6, 6.07) is 3.55. The first-order chi connectivity index (χ1) is 11.4. The standard InChI is InChI=1S/C17H18BrClFNO2S/c18-15-4-2-1-3-14(15)12-7-9-21(10-8-12)24(22,23)13-5-6-17(20)16(19)11-13/h1,3-6,11-12,14H,2,7-10H2. The van der Waals surface area contributed by atoms with Crippen molar-refractivity contribution in [2.45, 2.75) is 24.2 Å². The van der Waals surface area contributed by atoms with E-state index >= 15 is 0 Å². The molecule has 1 heterocycles. The SMILES string of the molecule is O=S(=O)(c1ccc(F)c(Cl)c1)N1CCC(C2C=CCC=C2Br)CC1. The smallest absolute Gasteiger partial charge is 0.207 e. The van der Waals surface area contributed by atoms with Crippen LogP contribution < -0.4 is 0 Å². The Labute approximate surface area is 155 Å². The average Bonchev–Trinajstić information content (AvgIpc) is 2.58. The number of benzene rings is 1. The first-order valence-electron chi connectivity index (χ1n) is 7.87. The summed E-state index contributed by atoms with van der Waals surface area (Å²) >= 11 is 9.35. The summed E-state index contributed by atoms with van der Waals surface area (Å²) in [5, 5.41) is -0.174. The Morgan fingerprint density at radius 2 is 1.96 bits per heavy atom. The molecule has 0 N–H and O–H groups in total. The lowest BCUT2D eigenvalue weighted by Crippen LogP contribution is -2.40. The van der Waals surface area contributed by atoms with Crippen molar-refractivity contribution in [3.8, 4) is 0 Å². The average molecular weight is 435 g/mol. The molecule has 24 heavy (non-hydrogen) atoms. The van der Waals surface area contributed by atoms with Crippen LogP contribution >= 0.6 is 27.5 Å². The number of rotatable bonds is 3. The molecule has 0 amide bonds. The summed E-state index contributed by atoms with van der Waals surface area (Å²) < 4.78 is 41.3. The predicted molar refractivity (Wildman–Crippen MR) is 97.1 cm³/mol. The van der Waals surface area contributed by atoms with Gasteiger partial charge in [0.15, 0.2) is 0 Å². The molecule has 1 aliphatic carbocycles. The molecule has 0 aromatic heterocycles. The maximum absolute atomic E-state index is 13.3. The van der Waals surface area contributed by atoms with Crippen molar-refractivity contribution in [1.29, 1.82) is 0 Å². The fourth-order valence-electron chi connectivity index (χ4n) is 3.28. The monoisotopic (exact) mass is 433 g/mol. The zero-order chi connectivity index (χ0) is 17.3. The quantitative estimate of drug-likeness (QED) is 0.645. The molecule has 0 radical (unpaired) electrons. The van der Waals surface area contributed by atoms with Crippen LogP contribution in [-0.2, 0) is 10.0 Å². The van der Waals surface area contributed by atoms with Gasteiger partial charge >= 0.3 is 0 Å². The number of halogens is 3. The lowest BCUT2D eigenvalue weighted by atomic mass is 9.83. The van der Waals surface area contributed by atoms with Gasteiger partial charge in [-0.2, -0.15) is 4.31 Å². The molecule has 1 fully saturated rings. The molecule has 3 rings (SSSR count). The summed E-state index contributed by atoms with van der Waals surface area (Å²) in [4.78, 5) is 0.0472. The second-order valence-electron chi connectivity index (χ2n) is 6.10. The highest BCUT2D eigenvalue weighted by molar-refractivity contribution is 9.11. The van der Waals surface area contributed by atoms with Crippen LogP contribution in [0.25, 0.3) is 0 Å². The van der Waals surface area contributed by atoms with E-state index in [-0.39, 0.29) is 9.92 Å². The van der Waals surface area contributed by atoms with Crippen LogP contribution in [0.15, 0.2) is 45.8 Å². The highest BCUT2D eigenvalue weighted by Crippen LogP contribution is 2.37. The first-order valence-corrected chi connectivity index (χ1v) is 10.5. The summed E-state index contributed by atoms with van der Waals surface area (Å²) in [6.07, 6.45) is 9.06. The minimum atomic E-state index is -3.63. The maximum Gasteiger partial charge on any atom is 0.243 e. The number of hydrogen-bond donors (Lipinski definition) is 0. The number of allylic oxidation sites excluding steroid dienone is 4. The topological polar surface area (TPSA) is 37.4 Å². The summed E-state index contributed by atoms with van der Waals surface area (Å²) in [5.74, 6) is 0.148. The Bertz CT molecular complexity index is 786. The molecule has 0 spiro atoms.